The van der Waals surface area contributed by atoms with Gasteiger partial charge in [-0.05, 0) is 31.2 Å². The molecule has 0 amide bonds. The smallest absolute Gasteiger partial charge is 0.376 e. The summed E-state index contributed by atoms with van der Waals surface area (Å²) < 4.78 is 6.92. The lowest BCUT2D eigenvalue weighted by Gasteiger charge is -2.12. The zero-order valence-electron chi connectivity index (χ0n) is 13.7. The topological polar surface area (TPSA) is 103 Å². The highest BCUT2D eigenvalue weighted by Crippen LogP contribution is 2.28. The summed E-state index contributed by atoms with van der Waals surface area (Å²) in [4.78, 5) is 27.4. The molecule has 130 valence electrons. The lowest BCUT2D eigenvalue weighted by molar-refractivity contribution is -0.385. The van der Waals surface area contributed by atoms with E-state index in [9.17, 15) is 14.9 Å². The van der Waals surface area contributed by atoms with Crippen LogP contribution in [0.15, 0.2) is 63.9 Å². The molecule has 3 aromatic heterocycles. The van der Waals surface area contributed by atoms with Gasteiger partial charge in [0.2, 0.25) is 5.82 Å². The van der Waals surface area contributed by atoms with Gasteiger partial charge in [-0.3, -0.25) is 19.3 Å². The van der Waals surface area contributed by atoms with Crippen LogP contribution in [0.3, 0.4) is 0 Å². The number of rotatable bonds is 4. The van der Waals surface area contributed by atoms with Gasteiger partial charge in [-0.2, -0.15) is 0 Å². The minimum atomic E-state index is -0.736. The molecule has 1 unspecified atom stereocenters. The van der Waals surface area contributed by atoms with E-state index in [-0.39, 0.29) is 5.82 Å². The van der Waals surface area contributed by atoms with Crippen molar-refractivity contribution in [2.45, 2.75) is 13.0 Å². The average Bonchev–Trinajstić information content (AvgIpc) is 3.06. The first kappa shape index (κ1) is 15.8. The van der Waals surface area contributed by atoms with Crippen LogP contribution in [0.2, 0.25) is 0 Å². The molecule has 8 nitrogen and oxygen atoms in total. The number of furan rings is 1. The fourth-order valence-electron chi connectivity index (χ4n) is 2.84. The molecule has 1 atom stereocenters. The summed E-state index contributed by atoms with van der Waals surface area (Å²) in [7, 11) is 0. The molecular weight excluding hydrogens is 336 g/mol. The van der Waals surface area contributed by atoms with Crippen LogP contribution in [0.1, 0.15) is 18.7 Å². The third-order valence-corrected chi connectivity index (χ3v) is 4.12. The lowest BCUT2D eigenvalue weighted by atomic mass is 10.2. The van der Waals surface area contributed by atoms with Crippen molar-refractivity contribution in [3.63, 3.8) is 0 Å². The standard InChI is InChI=1S/C18H14N4O4/c1-11(14-10-12-6-2-3-7-13(12)26-14)19-17-16(22(24)25)18(23)21-9-5-4-8-15(21)20-17/h2-11,19H,1H3. The molecule has 26 heavy (non-hydrogen) atoms. The summed E-state index contributed by atoms with van der Waals surface area (Å²) in [5.74, 6) is 0.509. The number of nitrogens with one attached hydrogen (secondary N) is 1. The van der Waals surface area contributed by atoms with E-state index in [2.05, 4.69) is 10.3 Å². The fourth-order valence-corrected chi connectivity index (χ4v) is 2.84. The average molecular weight is 350 g/mol. The SMILES string of the molecule is CC(Nc1nc2ccccn2c(=O)c1[N+](=O)[O-])c1cc2ccccc2o1. The van der Waals surface area contributed by atoms with Crippen molar-refractivity contribution in [1.82, 2.24) is 9.38 Å². The molecular formula is C18H14N4O4. The Hall–Kier alpha value is -3.68. The molecule has 8 heteroatoms. The van der Waals surface area contributed by atoms with E-state index < -0.39 is 22.2 Å². The third-order valence-electron chi connectivity index (χ3n) is 4.12. The molecule has 0 saturated carbocycles. The second kappa shape index (κ2) is 5.99. The van der Waals surface area contributed by atoms with E-state index >= 15 is 0 Å². The van der Waals surface area contributed by atoms with Crippen molar-refractivity contribution >= 4 is 28.1 Å². The Bertz CT molecular complexity index is 1160. The number of benzene rings is 1. The zero-order valence-corrected chi connectivity index (χ0v) is 13.7. The van der Waals surface area contributed by atoms with E-state index in [1.807, 2.05) is 30.3 Å². The highest BCUT2D eigenvalue weighted by molar-refractivity contribution is 5.78. The highest BCUT2D eigenvalue weighted by Gasteiger charge is 2.25. The van der Waals surface area contributed by atoms with Crippen LogP contribution in [-0.2, 0) is 0 Å². The second-order valence-corrected chi connectivity index (χ2v) is 5.85. The van der Waals surface area contributed by atoms with Crippen molar-refractivity contribution < 1.29 is 9.34 Å². The Morgan fingerprint density at radius 1 is 1.23 bits per heavy atom. The Morgan fingerprint density at radius 2 is 2.00 bits per heavy atom. The summed E-state index contributed by atoms with van der Waals surface area (Å²) in [5.41, 5.74) is -0.295. The van der Waals surface area contributed by atoms with Gasteiger partial charge in [0, 0.05) is 11.6 Å². The number of para-hydroxylation sites is 1. The quantitative estimate of drug-likeness (QED) is 0.446. The lowest BCUT2D eigenvalue weighted by Crippen LogP contribution is -2.22. The van der Waals surface area contributed by atoms with Crippen molar-refractivity contribution in [2.24, 2.45) is 0 Å². The largest absolute Gasteiger partial charge is 0.459 e. The number of hydrogen-bond donors (Lipinski definition) is 1. The van der Waals surface area contributed by atoms with Gasteiger partial charge in [-0.25, -0.2) is 4.98 Å². The van der Waals surface area contributed by atoms with Crippen LogP contribution >= 0.6 is 0 Å². The van der Waals surface area contributed by atoms with Crippen LogP contribution < -0.4 is 10.9 Å². The Morgan fingerprint density at radius 3 is 2.77 bits per heavy atom. The number of hydrogen-bond acceptors (Lipinski definition) is 6. The van der Waals surface area contributed by atoms with Gasteiger partial charge >= 0.3 is 11.2 Å². The fraction of sp³-hybridized carbons (Fsp3) is 0.111. The van der Waals surface area contributed by atoms with Crippen molar-refractivity contribution in [3.05, 3.63) is 81.0 Å². The van der Waals surface area contributed by atoms with Gasteiger partial charge in [-0.1, -0.05) is 24.3 Å². The van der Waals surface area contributed by atoms with E-state index in [0.29, 0.717) is 11.4 Å². The molecule has 0 spiro atoms. The molecule has 1 N–H and O–H groups in total. The summed E-state index contributed by atoms with van der Waals surface area (Å²) in [6, 6.07) is 13.9. The molecule has 0 aliphatic rings. The molecule has 0 saturated heterocycles. The number of fused-ring (bicyclic) bond motifs is 2. The van der Waals surface area contributed by atoms with Gasteiger partial charge in [-0.15, -0.1) is 0 Å². The minimum Gasteiger partial charge on any atom is -0.459 e. The molecule has 4 aromatic rings. The van der Waals surface area contributed by atoms with Gasteiger partial charge in [0.25, 0.3) is 0 Å². The number of anilines is 1. The first-order valence-corrected chi connectivity index (χ1v) is 7.95. The molecule has 0 fully saturated rings. The van der Waals surface area contributed by atoms with Crippen LogP contribution in [0.25, 0.3) is 16.6 Å². The Balaban J connectivity index is 1.79. The molecule has 0 bridgehead atoms. The van der Waals surface area contributed by atoms with E-state index in [0.717, 1.165) is 15.4 Å². The van der Waals surface area contributed by atoms with Crippen molar-refractivity contribution in [2.75, 3.05) is 5.32 Å². The molecule has 3 heterocycles. The summed E-state index contributed by atoms with van der Waals surface area (Å²) in [6.45, 7) is 1.79. The zero-order chi connectivity index (χ0) is 18.3. The molecule has 0 aliphatic heterocycles. The highest BCUT2D eigenvalue weighted by atomic mass is 16.6. The number of pyridine rings is 1. The normalized spacial score (nSPS) is 12.3. The van der Waals surface area contributed by atoms with Gasteiger partial charge < -0.3 is 9.73 Å². The molecule has 0 radical (unpaired) electrons. The monoisotopic (exact) mass is 350 g/mol. The minimum absolute atomic E-state index is 0.0841. The maximum absolute atomic E-state index is 12.5. The second-order valence-electron chi connectivity index (χ2n) is 5.85. The van der Waals surface area contributed by atoms with E-state index in [1.165, 1.54) is 6.20 Å². The van der Waals surface area contributed by atoms with Gasteiger partial charge in [0.05, 0.1) is 11.0 Å². The van der Waals surface area contributed by atoms with E-state index in [4.69, 9.17) is 4.42 Å². The maximum Gasteiger partial charge on any atom is 0.376 e. The van der Waals surface area contributed by atoms with E-state index in [1.54, 1.807) is 25.1 Å². The third kappa shape index (κ3) is 2.57. The number of nitrogens with zero attached hydrogens (tertiary/aromatic N) is 3. The van der Waals surface area contributed by atoms with Crippen molar-refractivity contribution in [3.8, 4) is 0 Å². The first-order valence-electron chi connectivity index (χ1n) is 7.95. The Kier molecular flexibility index (Phi) is 3.65. The van der Waals surface area contributed by atoms with Crippen LogP contribution in [0.5, 0.6) is 0 Å². The predicted octanol–water partition coefficient (Wildman–Crippen LogP) is 3.52. The van der Waals surface area contributed by atoms with Crippen LogP contribution in [0.4, 0.5) is 11.5 Å². The first-order chi connectivity index (χ1) is 12.5. The van der Waals surface area contributed by atoms with Crippen molar-refractivity contribution in [1.29, 1.82) is 0 Å². The van der Waals surface area contributed by atoms with Gasteiger partial charge in [0.15, 0.2) is 0 Å². The summed E-state index contributed by atoms with van der Waals surface area (Å²) in [6.07, 6.45) is 1.45. The number of aromatic nitrogens is 2. The maximum atomic E-state index is 12.5. The molecule has 1 aromatic carbocycles. The van der Waals surface area contributed by atoms with Crippen LogP contribution in [0, 0.1) is 10.1 Å². The number of nitro groups is 1. The van der Waals surface area contributed by atoms with Crippen LogP contribution in [-0.4, -0.2) is 14.3 Å². The van der Waals surface area contributed by atoms with Gasteiger partial charge in [0.1, 0.15) is 17.0 Å². The summed E-state index contributed by atoms with van der Waals surface area (Å²) in [5, 5.41) is 15.3. The predicted molar refractivity (Wildman–Crippen MR) is 96.4 cm³/mol. The summed E-state index contributed by atoms with van der Waals surface area (Å²) >= 11 is 0. The molecule has 4 rings (SSSR count). The molecule has 0 aliphatic carbocycles. The Labute approximate surface area is 146 Å².